The van der Waals surface area contributed by atoms with E-state index in [-0.39, 0.29) is 29.9 Å². The van der Waals surface area contributed by atoms with E-state index in [2.05, 4.69) is 27.1 Å². The normalized spacial score (nSPS) is 18.1. The fourth-order valence-corrected chi connectivity index (χ4v) is 7.80. The molecule has 3 aliphatic heterocycles. The number of rotatable bonds is 12. The fraction of sp³-hybridized carbons (Fsp3) is 0.425. The van der Waals surface area contributed by atoms with E-state index in [9.17, 15) is 19.2 Å². The van der Waals surface area contributed by atoms with Crippen LogP contribution < -0.4 is 25.1 Å². The number of likely N-dealkylation sites (tertiary alicyclic amines) is 1. The van der Waals surface area contributed by atoms with Gasteiger partial charge in [0.15, 0.2) is 0 Å². The number of aromatic nitrogens is 2. The summed E-state index contributed by atoms with van der Waals surface area (Å²) < 4.78 is 19.7. The van der Waals surface area contributed by atoms with Gasteiger partial charge in [0, 0.05) is 69.4 Å². The van der Waals surface area contributed by atoms with Gasteiger partial charge in [0.05, 0.1) is 25.2 Å². The first-order valence-corrected chi connectivity index (χ1v) is 18.2. The zero-order valence-electron chi connectivity index (χ0n) is 30.7. The van der Waals surface area contributed by atoms with Crippen LogP contribution in [0.3, 0.4) is 0 Å². The molecule has 2 aromatic carbocycles. The largest absolute Gasteiger partial charge is 0.496 e. The summed E-state index contributed by atoms with van der Waals surface area (Å²) in [5.41, 5.74) is 4.10. The highest BCUT2D eigenvalue weighted by Gasteiger charge is 2.39. The average Bonchev–Trinajstić information content (AvgIpc) is 3.48. The van der Waals surface area contributed by atoms with E-state index in [1.54, 1.807) is 49.2 Å². The zero-order valence-corrected chi connectivity index (χ0v) is 30.7. The van der Waals surface area contributed by atoms with Crippen molar-refractivity contribution in [2.75, 3.05) is 47.4 Å². The highest BCUT2D eigenvalue weighted by atomic mass is 16.5. The number of aryl methyl sites for hydroxylation is 1. The van der Waals surface area contributed by atoms with E-state index in [1.807, 2.05) is 36.5 Å². The van der Waals surface area contributed by atoms with Crippen molar-refractivity contribution in [3.05, 3.63) is 82.0 Å². The van der Waals surface area contributed by atoms with Crippen LogP contribution >= 0.6 is 0 Å². The molecule has 1 atom stereocenters. The summed E-state index contributed by atoms with van der Waals surface area (Å²) in [7, 11) is 7.18. The van der Waals surface area contributed by atoms with Crippen LogP contribution in [0.5, 0.6) is 17.2 Å². The lowest BCUT2D eigenvalue weighted by Gasteiger charge is -2.32. The van der Waals surface area contributed by atoms with Crippen molar-refractivity contribution in [1.29, 1.82) is 0 Å². The lowest BCUT2D eigenvalue weighted by molar-refractivity contribution is -0.136. The highest BCUT2D eigenvalue weighted by Crippen LogP contribution is 2.38. The number of ether oxygens (including phenoxy) is 3. The van der Waals surface area contributed by atoms with Gasteiger partial charge in [0.25, 0.3) is 11.5 Å². The Balaban J connectivity index is 0.904. The van der Waals surface area contributed by atoms with Gasteiger partial charge in [-0.05, 0) is 92.7 Å². The van der Waals surface area contributed by atoms with E-state index < -0.39 is 11.9 Å². The maximum Gasteiger partial charge on any atom is 0.259 e. The summed E-state index contributed by atoms with van der Waals surface area (Å²) in [5.74, 6) is 1.23. The summed E-state index contributed by atoms with van der Waals surface area (Å²) >= 11 is 0. The van der Waals surface area contributed by atoms with Crippen LogP contribution in [-0.4, -0.2) is 102 Å². The molecular formula is C40H46N6O7. The zero-order chi connectivity index (χ0) is 37.2. The third kappa shape index (κ3) is 7.49. The molecule has 3 amide bonds. The topological polar surface area (TPSA) is 136 Å². The number of nitrogens with zero attached hydrogens (tertiary/aromatic N) is 5. The number of hydrogen-bond acceptors (Lipinski definition) is 10. The Morgan fingerprint density at radius 3 is 2.42 bits per heavy atom. The second kappa shape index (κ2) is 15.4. The van der Waals surface area contributed by atoms with Gasteiger partial charge in [0.1, 0.15) is 29.4 Å². The van der Waals surface area contributed by atoms with Crippen molar-refractivity contribution in [2.24, 2.45) is 7.05 Å². The number of imide groups is 1. The van der Waals surface area contributed by atoms with Crippen molar-refractivity contribution in [3.63, 3.8) is 0 Å². The van der Waals surface area contributed by atoms with Crippen molar-refractivity contribution >= 4 is 28.5 Å². The molecule has 5 heterocycles. The third-order valence-corrected chi connectivity index (χ3v) is 10.7. The van der Waals surface area contributed by atoms with Crippen molar-refractivity contribution in [2.45, 2.75) is 57.3 Å². The number of methoxy groups -OCH3 is 2. The molecule has 0 radical (unpaired) electrons. The van der Waals surface area contributed by atoms with Gasteiger partial charge >= 0.3 is 0 Å². The van der Waals surface area contributed by atoms with Crippen LogP contribution in [0.25, 0.3) is 21.9 Å². The van der Waals surface area contributed by atoms with E-state index in [0.717, 1.165) is 84.6 Å². The number of piperidine rings is 2. The van der Waals surface area contributed by atoms with Crippen LogP contribution in [0.2, 0.25) is 0 Å². The minimum absolute atomic E-state index is 0.0630. The molecule has 53 heavy (non-hydrogen) atoms. The Hall–Kier alpha value is -5.27. The Morgan fingerprint density at radius 2 is 1.70 bits per heavy atom. The lowest BCUT2D eigenvalue weighted by Crippen LogP contribution is -2.52. The van der Waals surface area contributed by atoms with Crippen molar-refractivity contribution in [3.8, 4) is 28.4 Å². The molecule has 0 saturated carbocycles. The van der Waals surface area contributed by atoms with Crippen molar-refractivity contribution < 1.29 is 28.6 Å². The highest BCUT2D eigenvalue weighted by molar-refractivity contribution is 6.05. The van der Waals surface area contributed by atoms with E-state index in [4.69, 9.17) is 14.2 Å². The predicted octanol–water partition coefficient (Wildman–Crippen LogP) is 3.74. The van der Waals surface area contributed by atoms with Crippen LogP contribution in [0, 0.1) is 0 Å². The van der Waals surface area contributed by atoms with Crippen LogP contribution in [0.15, 0.2) is 59.8 Å². The molecule has 2 fully saturated rings. The number of fused-ring (bicyclic) bond motifs is 2. The molecule has 2 aromatic heterocycles. The van der Waals surface area contributed by atoms with Crippen LogP contribution in [0.1, 0.15) is 53.6 Å². The predicted molar refractivity (Wildman–Crippen MR) is 199 cm³/mol. The Bertz CT molecular complexity index is 2080. The first-order chi connectivity index (χ1) is 25.6. The molecule has 3 aliphatic rings. The number of hydrogen-bond donors (Lipinski definition) is 1. The summed E-state index contributed by atoms with van der Waals surface area (Å²) in [4.78, 5) is 60.4. The molecule has 4 aromatic rings. The molecular weight excluding hydrogens is 676 g/mol. The lowest BCUT2D eigenvalue weighted by atomic mass is 9.99. The van der Waals surface area contributed by atoms with Crippen molar-refractivity contribution in [1.82, 2.24) is 29.6 Å². The van der Waals surface area contributed by atoms with Crippen LogP contribution in [-0.2, 0) is 29.7 Å². The average molecular weight is 723 g/mol. The van der Waals surface area contributed by atoms with Gasteiger partial charge in [-0.2, -0.15) is 0 Å². The number of carbonyl (C=O) groups is 3. The molecule has 13 heteroatoms. The molecule has 0 bridgehead atoms. The van der Waals surface area contributed by atoms with E-state index >= 15 is 0 Å². The Kier molecular flexibility index (Phi) is 10.5. The summed E-state index contributed by atoms with van der Waals surface area (Å²) in [5, 5.41) is 3.74. The number of nitrogens with one attached hydrogen (secondary N) is 1. The maximum absolute atomic E-state index is 13.2. The standard InChI is InChI=1S/C40H46N6O7/c1-43(23-33-35(51-3)18-26(19-36(33)52-4)32-24-44(2)39(49)31-21-41-13-10-29(31)32)14-5-15-45-16-11-27(12-17-45)53-28-7-6-25-22-46(40(50)30(25)20-28)34-8-9-37(47)42-38(34)48/h6-7,10,13,18-21,24,27,34H,5,8-9,11-12,14-17,22-23H2,1-4H3,(H,42,47,48). The molecule has 2 saturated heterocycles. The van der Waals surface area contributed by atoms with Gasteiger partial charge in [-0.15, -0.1) is 0 Å². The minimum atomic E-state index is -0.627. The molecule has 0 aliphatic carbocycles. The molecule has 1 unspecified atom stereocenters. The number of carbonyl (C=O) groups excluding carboxylic acids is 3. The second-order valence-corrected chi connectivity index (χ2v) is 14.2. The summed E-state index contributed by atoms with van der Waals surface area (Å²) in [6, 6.07) is 10.9. The summed E-state index contributed by atoms with van der Waals surface area (Å²) in [6.07, 6.45) is 8.57. The van der Waals surface area contributed by atoms with Crippen LogP contribution in [0.4, 0.5) is 0 Å². The fourth-order valence-electron chi connectivity index (χ4n) is 7.80. The van der Waals surface area contributed by atoms with Gasteiger partial charge < -0.3 is 33.5 Å². The smallest absolute Gasteiger partial charge is 0.259 e. The van der Waals surface area contributed by atoms with Gasteiger partial charge in [-0.1, -0.05) is 6.07 Å². The van der Waals surface area contributed by atoms with Gasteiger partial charge in [-0.3, -0.25) is 29.5 Å². The van der Waals surface area contributed by atoms with Gasteiger partial charge in [-0.25, -0.2) is 0 Å². The number of benzene rings is 2. The second-order valence-electron chi connectivity index (χ2n) is 14.2. The Labute approximate surface area is 308 Å². The SMILES string of the molecule is COc1cc(-c2cn(C)c(=O)c3cnccc23)cc(OC)c1CN(C)CCCN1CCC(Oc2ccc3c(c2)C(=O)N(C2CCC(=O)NC2=O)C3)CC1. The number of amides is 3. The quantitative estimate of drug-likeness (QED) is 0.216. The maximum atomic E-state index is 13.2. The minimum Gasteiger partial charge on any atom is -0.496 e. The summed E-state index contributed by atoms with van der Waals surface area (Å²) in [6.45, 7) is 4.73. The molecule has 7 rings (SSSR count). The van der Waals surface area contributed by atoms with E-state index in [0.29, 0.717) is 36.2 Å². The molecule has 0 spiro atoms. The molecule has 13 nitrogen and oxygen atoms in total. The first kappa shape index (κ1) is 36.1. The number of pyridine rings is 2. The Morgan fingerprint density at radius 1 is 0.943 bits per heavy atom. The van der Waals surface area contributed by atoms with E-state index in [1.165, 1.54) is 0 Å². The van der Waals surface area contributed by atoms with Gasteiger partial charge in [0.2, 0.25) is 11.8 Å². The molecule has 278 valence electrons. The third-order valence-electron chi connectivity index (χ3n) is 10.7. The molecule has 1 N–H and O–H groups in total. The first-order valence-electron chi connectivity index (χ1n) is 18.2. The monoisotopic (exact) mass is 722 g/mol.